The van der Waals surface area contributed by atoms with E-state index in [0.29, 0.717) is 5.91 Å². The van der Waals surface area contributed by atoms with Gasteiger partial charge in [0.2, 0.25) is 5.91 Å². The Hall–Kier alpha value is -1.31. The van der Waals surface area contributed by atoms with Gasteiger partial charge >= 0.3 is 0 Å². The molecule has 9 rings (SSSR count). The lowest BCUT2D eigenvalue weighted by Crippen LogP contribution is -2.65. The predicted octanol–water partition coefficient (Wildman–Crippen LogP) is 5.61. The van der Waals surface area contributed by atoms with Crippen molar-refractivity contribution in [3.8, 4) is 0 Å². The van der Waals surface area contributed by atoms with Gasteiger partial charge in [0.15, 0.2) is 0 Å². The SMILES string of the molecule is O=C(NC12CC3CC(CC(C3)C1)C2)C12C[C@@H]3C[C@@H](C1)CC(c1ccccc1)(C3)C2. The smallest absolute Gasteiger partial charge is 0.226 e. The lowest BCUT2D eigenvalue weighted by Gasteiger charge is -2.63. The number of hydrogen-bond acceptors (Lipinski definition) is 1. The van der Waals surface area contributed by atoms with Gasteiger partial charge in [-0.25, -0.2) is 0 Å². The molecule has 0 aromatic heterocycles. The zero-order chi connectivity index (χ0) is 19.3. The average Bonchev–Trinajstić information content (AvgIpc) is 2.66. The second kappa shape index (κ2) is 5.68. The van der Waals surface area contributed by atoms with Crippen molar-refractivity contribution in [1.29, 1.82) is 0 Å². The van der Waals surface area contributed by atoms with E-state index in [-0.39, 0.29) is 16.4 Å². The maximum atomic E-state index is 14.0. The summed E-state index contributed by atoms with van der Waals surface area (Å²) >= 11 is 0. The predicted molar refractivity (Wildman–Crippen MR) is 114 cm³/mol. The molecule has 2 heteroatoms. The third kappa shape index (κ3) is 2.50. The summed E-state index contributed by atoms with van der Waals surface area (Å²) < 4.78 is 0. The molecular weight excluding hydrogens is 354 g/mol. The van der Waals surface area contributed by atoms with E-state index in [1.807, 2.05) is 0 Å². The number of benzene rings is 1. The maximum Gasteiger partial charge on any atom is 0.226 e. The number of hydrogen-bond donors (Lipinski definition) is 1. The Morgan fingerprint density at radius 3 is 1.86 bits per heavy atom. The number of rotatable bonds is 3. The largest absolute Gasteiger partial charge is 0.350 e. The average molecular weight is 390 g/mol. The molecule has 0 spiro atoms. The van der Waals surface area contributed by atoms with E-state index in [0.717, 1.165) is 48.9 Å². The van der Waals surface area contributed by atoms with Crippen LogP contribution in [0.15, 0.2) is 30.3 Å². The minimum Gasteiger partial charge on any atom is -0.350 e. The third-order valence-corrected chi connectivity index (χ3v) is 10.3. The molecule has 8 aliphatic carbocycles. The number of carbonyl (C=O) groups is 1. The number of carbonyl (C=O) groups excluding carboxylic acids is 1. The van der Waals surface area contributed by atoms with Gasteiger partial charge in [-0.2, -0.15) is 0 Å². The van der Waals surface area contributed by atoms with E-state index in [1.54, 1.807) is 0 Å². The molecule has 1 amide bonds. The van der Waals surface area contributed by atoms with Gasteiger partial charge < -0.3 is 5.32 Å². The fourth-order valence-corrected chi connectivity index (χ4v) is 10.3. The van der Waals surface area contributed by atoms with Crippen LogP contribution in [0.3, 0.4) is 0 Å². The first kappa shape index (κ1) is 17.4. The van der Waals surface area contributed by atoms with Gasteiger partial charge in [0.1, 0.15) is 0 Å². The summed E-state index contributed by atoms with van der Waals surface area (Å²) in [5.41, 5.74) is 1.86. The standard InChI is InChI=1S/C27H35NO/c29-24(28-27-14-18-6-19(15-27)8-20(7-18)16-27)26-12-21-9-22(13-26)11-25(10-21,17-26)23-4-2-1-3-5-23/h1-5,18-22H,6-17H2,(H,28,29)/t18?,19?,20?,21-,22-,25?,26?,27?/m1/s1. The van der Waals surface area contributed by atoms with Crippen molar-refractivity contribution < 1.29 is 4.79 Å². The van der Waals surface area contributed by atoms with Crippen molar-refractivity contribution >= 4 is 5.91 Å². The summed E-state index contributed by atoms with van der Waals surface area (Å²) in [6.45, 7) is 0. The first-order chi connectivity index (χ1) is 14.0. The van der Waals surface area contributed by atoms with Crippen LogP contribution in [0.1, 0.15) is 82.6 Å². The zero-order valence-corrected chi connectivity index (χ0v) is 17.7. The molecule has 8 fully saturated rings. The van der Waals surface area contributed by atoms with E-state index in [2.05, 4.69) is 35.6 Å². The highest BCUT2D eigenvalue weighted by Crippen LogP contribution is 2.66. The van der Waals surface area contributed by atoms with E-state index in [1.165, 1.54) is 63.4 Å². The zero-order valence-electron chi connectivity index (χ0n) is 17.7. The van der Waals surface area contributed by atoms with Crippen LogP contribution in [-0.2, 0) is 10.2 Å². The first-order valence-corrected chi connectivity index (χ1v) is 12.4. The molecular formula is C27H35NO. The monoisotopic (exact) mass is 389 g/mol. The normalized spacial score (nSPS) is 51.4. The van der Waals surface area contributed by atoms with Crippen LogP contribution in [0.2, 0.25) is 0 Å². The molecule has 0 unspecified atom stereocenters. The van der Waals surface area contributed by atoms with Crippen LogP contribution in [0, 0.1) is 35.0 Å². The lowest BCUT2D eigenvalue weighted by molar-refractivity contribution is -0.154. The van der Waals surface area contributed by atoms with Crippen LogP contribution >= 0.6 is 0 Å². The number of nitrogens with one attached hydrogen (secondary N) is 1. The van der Waals surface area contributed by atoms with Crippen molar-refractivity contribution in [2.24, 2.45) is 35.0 Å². The highest BCUT2D eigenvalue weighted by atomic mass is 16.2. The summed E-state index contributed by atoms with van der Waals surface area (Å²) in [5, 5.41) is 3.81. The molecule has 1 aromatic rings. The van der Waals surface area contributed by atoms with E-state index >= 15 is 0 Å². The molecule has 2 atom stereocenters. The first-order valence-electron chi connectivity index (χ1n) is 12.4. The van der Waals surface area contributed by atoms with Gasteiger partial charge in [-0.15, -0.1) is 0 Å². The van der Waals surface area contributed by atoms with E-state index in [9.17, 15) is 4.79 Å². The van der Waals surface area contributed by atoms with Crippen LogP contribution in [0.4, 0.5) is 0 Å². The van der Waals surface area contributed by atoms with Crippen molar-refractivity contribution in [2.45, 2.75) is 88.0 Å². The lowest BCUT2D eigenvalue weighted by atomic mass is 9.42. The van der Waals surface area contributed by atoms with Gasteiger partial charge in [0.05, 0.1) is 5.41 Å². The topological polar surface area (TPSA) is 29.1 Å². The summed E-state index contributed by atoms with van der Waals surface area (Å²) in [5.74, 6) is 4.68. The summed E-state index contributed by atoms with van der Waals surface area (Å²) in [4.78, 5) is 14.0. The van der Waals surface area contributed by atoms with Crippen molar-refractivity contribution in [2.75, 3.05) is 0 Å². The molecule has 1 aromatic carbocycles. The number of amides is 1. The molecule has 0 saturated heterocycles. The Morgan fingerprint density at radius 2 is 1.28 bits per heavy atom. The van der Waals surface area contributed by atoms with Crippen molar-refractivity contribution in [1.82, 2.24) is 5.32 Å². The molecule has 0 aliphatic heterocycles. The molecule has 1 N–H and O–H groups in total. The minimum atomic E-state index is -0.0801. The van der Waals surface area contributed by atoms with Gasteiger partial charge in [0.25, 0.3) is 0 Å². The molecule has 2 nitrogen and oxygen atoms in total. The summed E-state index contributed by atoms with van der Waals surface area (Å²) in [7, 11) is 0. The fourth-order valence-electron chi connectivity index (χ4n) is 10.3. The molecule has 29 heavy (non-hydrogen) atoms. The Kier molecular flexibility index (Phi) is 3.40. The van der Waals surface area contributed by atoms with E-state index in [4.69, 9.17) is 0 Å². The van der Waals surface area contributed by atoms with Gasteiger partial charge in [-0.1, -0.05) is 30.3 Å². The molecule has 0 heterocycles. The van der Waals surface area contributed by atoms with Crippen LogP contribution in [0.25, 0.3) is 0 Å². The highest BCUT2D eigenvalue weighted by Gasteiger charge is 2.62. The van der Waals surface area contributed by atoms with Gasteiger partial charge in [-0.05, 0) is 118 Å². The van der Waals surface area contributed by atoms with Crippen LogP contribution in [0.5, 0.6) is 0 Å². The maximum absolute atomic E-state index is 14.0. The summed E-state index contributed by atoms with van der Waals surface area (Å²) in [6.07, 6.45) is 15.6. The highest BCUT2D eigenvalue weighted by molar-refractivity contribution is 5.84. The Morgan fingerprint density at radius 1 is 0.724 bits per heavy atom. The second-order valence-electron chi connectivity index (χ2n) is 12.5. The molecule has 8 bridgehead atoms. The Bertz CT molecular complexity index is 792. The molecule has 0 radical (unpaired) electrons. The van der Waals surface area contributed by atoms with Crippen LogP contribution < -0.4 is 5.32 Å². The minimum absolute atomic E-state index is 0.0801. The van der Waals surface area contributed by atoms with Gasteiger partial charge in [-0.3, -0.25) is 4.79 Å². The fraction of sp³-hybridized carbons (Fsp3) is 0.741. The summed E-state index contributed by atoms with van der Waals surface area (Å²) in [6, 6.07) is 11.2. The van der Waals surface area contributed by atoms with Gasteiger partial charge in [0, 0.05) is 5.54 Å². The Balaban J connectivity index is 1.20. The Labute approximate surface area is 175 Å². The third-order valence-electron chi connectivity index (χ3n) is 10.3. The van der Waals surface area contributed by atoms with Crippen LogP contribution in [-0.4, -0.2) is 11.4 Å². The molecule has 8 saturated carbocycles. The van der Waals surface area contributed by atoms with E-state index < -0.39 is 0 Å². The molecule has 8 aliphatic rings. The van der Waals surface area contributed by atoms with Crippen molar-refractivity contribution in [3.63, 3.8) is 0 Å². The molecule has 154 valence electrons. The second-order valence-corrected chi connectivity index (χ2v) is 12.5. The quantitative estimate of drug-likeness (QED) is 0.715. The van der Waals surface area contributed by atoms with Crippen molar-refractivity contribution in [3.05, 3.63) is 35.9 Å².